The van der Waals surface area contributed by atoms with Gasteiger partial charge in [-0.25, -0.2) is 0 Å². The van der Waals surface area contributed by atoms with E-state index in [1.165, 1.54) is 83.6 Å². The highest BCUT2D eigenvalue weighted by atomic mass is 15.1. The summed E-state index contributed by atoms with van der Waals surface area (Å²) in [5.41, 5.74) is 0.387. The maximum atomic E-state index is 3.98. The van der Waals surface area contributed by atoms with Gasteiger partial charge in [-0.2, -0.15) is 0 Å². The zero-order valence-corrected chi connectivity index (χ0v) is 17.2. The van der Waals surface area contributed by atoms with E-state index < -0.39 is 0 Å². The maximum absolute atomic E-state index is 3.98. The molecule has 0 aliphatic heterocycles. The van der Waals surface area contributed by atoms with Crippen molar-refractivity contribution >= 4 is 0 Å². The van der Waals surface area contributed by atoms with Gasteiger partial charge in [-0.05, 0) is 59.2 Å². The second-order valence-electron chi connectivity index (χ2n) is 7.71. The monoisotopic (exact) mass is 326 g/mol. The highest BCUT2D eigenvalue weighted by molar-refractivity contribution is 4.89. The van der Waals surface area contributed by atoms with E-state index in [0.717, 1.165) is 6.04 Å². The molecule has 0 aromatic carbocycles. The van der Waals surface area contributed by atoms with Crippen molar-refractivity contribution in [2.24, 2.45) is 0 Å². The topological polar surface area (TPSA) is 15.3 Å². The summed E-state index contributed by atoms with van der Waals surface area (Å²) in [6.07, 6.45) is 16.0. The molecule has 1 N–H and O–H groups in total. The number of nitrogens with one attached hydrogen (secondary N) is 1. The summed E-state index contributed by atoms with van der Waals surface area (Å²) in [6, 6.07) is 0.752. The summed E-state index contributed by atoms with van der Waals surface area (Å²) < 4.78 is 0. The Kier molecular flexibility index (Phi) is 14.2. The molecule has 23 heavy (non-hydrogen) atoms. The lowest BCUT2D eigenvalue weighted by molar-refractivity contribution is 0.196. The fourth-order valence-corrected chi connectivity index (χ4v) is 3.86. The van der Waals surface area contributed by atoms with Gasteiger partial charge in [0.1, 0.15) is 0 Å². The summed E-state index contributed by atoms with van der Waals surface area (Å²) in [7, 11) is 4.53. The largest absolute Gasteiger partial charge is 0.311 e. The number of unbranched alkanes of at least 4 members (excludes halogenated alkanes) is 3. The second kappa shape index (κ2) is 14.3. The van der Waals surface area contributed by atoms with Gasteiger partial charge in [0.05, 0.1) is 0 Å². The summed E-state index contributed by atoms with van der Waals surface area (Å²) in [5.74, 6) is 0. The van der Waals surface area contributed by atoms with Crippen molar-refractivity contribution in [3.63, 3.8) is 0 Å². The molecule has 0 aromatic rings. The van der Waals surface area contributed by atoms with E-state index in [2.05, 4.69) is 52.0 Å². The molecule has 0 aromatic heterocycles. The van der Waals surface area contributed by atoms with Crippen LogP contribution in [-0.4, -0.2) is 37.1 Å². The SMILES string of the molecule is CCCCCC(CCC(CCC)(CCC)NCCCC)N(C)C. The quantitative estimate of drug-likeness (QED) is 0.350. The van der Waals surface area contributed by atoms with Gasteiger partial charge >= 0.3 is 0 Å². The molecule has 0 fully saturated rings. The number of rotatable bonds is 16. The molecule has 0 aliphatic rings. The van der Waals surface area contributed by atoms with Crippen LogP contribution in [0.4, 0.5) is 0 Å². The minimum Gasteiger partial charge on any atom is -0.311 e. The van der Waals surface area contributed by atoms with Crippen molar-refractivity contribution in [2.75, 3.05) is 20.6 Å². The standard InChI is InChI=1S/C21H46N2/c1-7-11-13-14-20(23(5)6)15-18-21(16-9-3,17-10-4)22-19-12-8-2/h20,22H,7-19H2,1-6H3. The lowest BCUT2D eigenvalue weighted by atomic mass is 9.82. The minimum atomic E-state index is 0.387. The molecule has 0 bridgehead atoms. The average Bonchev–Trinajstić information content (AvgIpc) is 2.51. The lowest BCUT2D eigenvalue weighted by Crippen LogP contribution is -2.46. The maximum Gasteiger partial charge on any atom is 0.0181 e. The van der Waals surface area contributed by atoms with Crippen LogP contribution in [0.3, 0.4) is 0 Å². The highest BCUT2D eigenvalue weighted by Crippen LogP contribution is 2.28. The summed E-state index contributed by atoms with van der Waals surface area (Å²) in [4.78, 5) is 2.46. The van der Waals surface area contributed by atoms with Crippen molar-refractivity contribution in [2.45, 2.75) is 116 Å². The third-order valence-corrected chi connectivity index (χ3v) is 5.31. The van der Waals surface area contributed by atoms with E-state index in [1.807, 2.05) is 0 Å². The van der Waals surface area contributed by atoms with Gasteiger partial charge in [-0.15, -0.1) is 0 Å². The Bertz CT molecular complexity index is 244. The first-order valence-electron chi connectivity index (χ1n) is 10.5. The van der Waals surface area contributed by atoms with E-state index in [9.17, 15) is 0 Å². The molecule has 0 saturated carbocycles. The Hall–Kier alpha value is -0.0800. The third kappa shape index (κ3) is 10.4. The van der Waals surface area contributed by atoms with E-state index >= 15 is 0 Å². The van der Waals surface area contributed by atoms with Gasteiger partial charge in [0, 0.05) is 11.6 Å². The first kappa shape index (κ1) is 22.9. The smallest absolute Gasteiger partial charge is 0.0181 e. The predicted octanol–water partition coefficient (Wildman–Crippen LogP) is 6.01. The van der Waals surface area contributed by atoms with E-state index in [0.29, 0.717) is 5.54 Å². The van der Waals surface area contributed by atoms with E-state index in [-0.39, 0.29) is 0 Å². The Morgan fingerprint density at radius 1 is 0.739 bits per heavy atom. The number of hydrogen-bond donors (Lipinski definition) is 1. The minimum absolute atomic E-state index is 0.387. The fraction of sp³-hybridized carbons (Fsp3) is 1.00. The Labute approximate surface area is 147 Å². The van der Waals surface area contributed by atoms with Crippen LogP contribution < -0.4 is 5.32 Å². The average molecular weight is 327 g/mol. The Morgan fingerprint density at radius 3 is 1.83 bits per heavy atom. The molecule has 2 nitrogen and oxygen atoms in total. The molecule has 0 aliphatic carbocycles. The number of hydrogen-bond acceptors (Lipinski definition) is 2. The Balaban J connectivity index is 4.67. The van der Waals surface area contributed by atoms with E-state index in [1.54, 1.807) is 0 Å². The summed E-state index contributed by atoms with van der Waals surface area (Å²) in [5, 5.41) is 3.98. The molecule has 0 heterocycles. The molecule has 0 radical (unpaired) electrons. The molecule has 1 unspecified atom stereocenters. The predicted molar refractivity (Wildman–Crippen MR) is 106 cm³/mol. The van der Waals surface area contributed by atoms with Crippen LogP contribution in [0.2, 0.25) is 0 Å². The van der Waals surface area contributed by atoms with Crippen molar-refractivity contribution < 1.29 is 0 Å². The van der Waals surface area contributed by atoms with Crippen LogP contribution in [0.1, 0.15) is 105 Å². The molecule has 1 atom stereocenters. The van der Waals surface area contributed by atoms with E-state index in [4.69, 9.17) is 0 Å². The lowest BCUT2D eigenvalue weighted by Gasteiger charge is -2.37. The Morgan fingerprint density at radius 2 is 1.35 bits per heavy atom. The second-order valence-corrected chi connectivity index (χ2v) is 7.71. The third-order valence-electron chi connectivity index (χ3n) is 5.31. The van der Waals surface area contributed by atoms with Gasteiger partial charge in [-0.1, -0.05) is 66.2 Å². The van der Waals surface area contributed by atoms with Crippen LogP contribution in [0.5, 0.6) is 0 Å². The van der Waals surface area contributed by atoms with Crippen molar-refractivity contribution in [3.8, 4) is 0 Å². The molecular formula is C21H46N2. The fourth-order valence-electron chi connectivity index (χ4n) is 3.86. The molecule has 0 rings (SSSR count). The molecule has 140 valence electrons. The van der Waals surface area contributed by atoms with Gasteiger partial charge in [-0.3, -0.25) is 0 Å². The van der Waals surface area contributed by atoms with Gasteiger partial charge in [0.15, 0.2) is 0 Å². The normalized spacial score (nSPS) is 13.7. The van der Waals surface area contributed by atoms with Gasteiger partial charge < -0.3 is 10.2 Å². The van der Waals surface area contributed by atoms with Crippen LogP contribution in [0, 0.1) is 0 Å². The van der Waals surface area contributed by atoms with Gasteiger partial charge in [0.25, 0.3) is 0 Å². The molecule has 0 spiro atoms. The van der Waals surface area contributed by atoms with Crippen LogP contribution in [-0.2, 0) is 0 Å². The first-order chi connectivity index (χ1) is 11.0. The van der Waals surface area contributed by atoms with Crippen molar-refractivity contribution in [3.05, 3.63) is 0 Å². The van der Waals surface area contributed by atoms with Crippen molar-refractivity contribution in [1.82, 2.24) is 10.2 Å². The van der Waals surface area contributed by atoms with Crippen LogP contribution in [0.15, 0.2) is 0 Å². The zero-order chi connectivity index (χ0) is 17.6. The highest BCUT2D eigenvalue weighted by Gasteiger charge is 2.28. The molecule has 2 heteroatoms. The molecular weight excluding hydrogens is 280 g/mol. The van der Waals surface area contributed by atoms with Crippen LogP contribution in [0.25, 0.3) is 0 Å². The summed E-state index contributed by atoms with van der Waals surface area (Å²) in [6.45, 7) is 10.5. The zero-order valence-electron chi connectivity index (χ0n) is 17.2. The molecule has 0 amide bonds. The number of nitrogens with zero attached hydrogens (tertiary/aromatic N) is 1. The first-order valence-corrected chi connectivity index (χ1v) is 10.5. The van der Waals surface area contributed by atoms with Crippen LogP contribution >= 0.6 is 0 Å². The van der Waals surface area contributed by atoms with Crippen molar-refractivity contribution in [1.29, 1.82) is 0 Å². The van der Waals surface area contributed by atoms with Gasteiger partial charge in [0.2, 0.25) is 0 Å². The summed E-state index contributed by atoms with van der Waals surface area (Å²) >= 11 is 0. The molecule has 0 saturated heterocycles.